The van der Waals surface area contributed by atoms with Crippen LogP contribution in [0, 0.1) is 0 Å². The highest BCUT2D eigenvalue weighted by Crippen LogP contribution is 2.52. The molecule has 11 heavy (non-hydrogen) atoms. The summed E-state index contributed by atoms with van der Waals surface area (Å²) in [4.78, 5) is 12.6. The minimum Gasteiger partial charge on any atom is -0.277 e. The minimum absolute atomic E-state index is 0.192. The molecule has 0 saturated heterocycles. The number of H-pyrrole nitrogens is 1. The Morgan fingerprint density at radius 1 is 1.36 bits per heavy atom. The van der Waals surface area contributed by atoms with Gasteiger partial charge in [0.2, 0.25) is 0 Å². The number of aromatic amines is 1. The van der Waals surface area contributed by atoms with Crippen molar-refractivity contribution in [3.63, 3.8) is 0 Å². The van der Waals surface area contributed by atoms with Gasteiger partial charge in [-0.15, -0.1) is 0 Å². The maximum atomic E-state index is 11.3. The number of hydrogen-bond acceptors (Lipinski definition) is 2. The lowest BCUT2D eigenvalue weighted by atomic mass is 10.00. The summed E-state index contributed by atoms with van der Waals surface area (Å²) in [5.41, 5.74) is 1.32. The molecule has 1 aromatic rings. The first-order chi connectivity index (χ1) is 5.36. The Bertz CT molecular complexity index is 351. The van der Waals surface area contributed by atoms with E-state index < -0.39 is 0 Å². The molecule has 1 fully saturated rings. The standard InChI is InChI=1S/C8H9NOS/c10-8-6-4-1-2-5(3-4)7(6)11-9-8/h4-5H,1-3H2,(H,9,10). The van der Waals surface area contributed by atoms with E-state index in [1.54, 1.807) is 11.5 Å². The molecular formula is C8H9NOS. The van der Waals surface area contributed by atoms with Crippen LogP contribution >= 0.6 is 11.5 Å². The maximum Gasteiger partial charge on any atom is 0.261 e. The Kier molecular flexibility index (Phi) is 0.969. The summed E-state index contributed by atoms with van der Waals surface area (Å²) in [7, 11) is 0. The first kappa shape index (κ1) is 6.00. The third-order valence-electron chi connectivity index (χ3n) is 2.98. The molecule has 0 aliphatic heterocycles. The fourth-order valence-electron chi connectivity index (χ4n) is 2.49. The van der Waals surface area contributed by atoms with Crippen LogP contribution in [0.15, 0.2) is 4.79 Å². The first-order valence-electron chi connectivity index (χ1n) is 4.07. The molecule has 3 heteroatoms. The molecule has 1 N–H and O–H groups in total. The van der Waals surface area contributed by atoms with Gasteiger partial charge in [-0.2, -0.15) is 0 Å². The van der Waals surface area contributed by atoms with Crippen LogP contribution in [0.2, 0.25) is 0 Å². The van der Waals surface area contributed by atoms with Crippen LogP contribution in [0.3, 0.4) is 0 Å². The SMILES string of the molecule is O=c1[nH]sc2c1C1CCC2C1. The second-order valence-corrected chi connectivity index (χ2v) is 4.37. The van der Waals surface area contributed by atoms with Gasteiger partial charge in [-0.25, -0.2) is 0 Å². The number of nitrogens with one attached hydrogen (secondary N) is 1. The summed E-state index contributed by atoms with van der Waals surface area (Å²) < 4.78 is 2.83. The van der Waals surface area contributed by atoms with Gasteiger partial charge in [-0.05, 0) is 31.1 Å². The zero-order chi connectivity index (χ0) is 7.42. The first-order valence-corrected chi connectivity index (χ1v) is 4.89. The fourth-order valence-corrected chi connectivity index (χ4v) is 3.56. The Morgan fingerprint density at radius 2 is 2.18 bits per heavy atom. The second-order valence-electron chi connectivity index (χ2n) is 3.52. The van der Waals surface area contributed by atoms with Crippen LogP contribution in [0.25, 0.3) is 0 Å². The number of hydrogen-bond donors (Lipinski definition) is 1. The van der Waals surface area contributed by atoms with Crippen molar-refractivity contribution >= 4 is 11.5 Å². The summed E-state index contributed by atoms with van der Waals surface area (Å²) in [6.07, 6.45) is 3.81. The maximum absolute atomic E-state index is 11.3. The predicted molar refractivity (Wildman–Crippen MR) is 44.3 cm³/mol. The van der Waals surface area contributed by atoms with Gasteiger partial charge < -0.3 is 0 Å². The summed E-state index contributed by atoms with van der Waals surface area (Å²) in [6, 6.07) is 0. The van der Waals surface area contributed by atoms with Gasteiger partial charge in [0.25, 0.3) is 5.56 Å². The molecule has 0 aromatic carbocycles. The molecule has 0 amide bonds. The molecule has 2 nitrogen and oxygen atoms in total. The molecule has 0 radical (unpaired) electrons. The molecule has 1 saturated carbocycles. The van der Waals surface area contributed by atoms with Crippen molar-refractivity contribution < 1.29 is 0 Å². The monoisotopic (exact) mass is 167 g/mol. The third kappa shape index (κ3) is 0.601. The number of fused-ring (bicyclic) bond motifs is 5. The summed E-state index contributed by atoms with van der Waals surface area (Å²) in [6.45, 7) is 0. The average molecular weight is 167 g/mol. The van der Waals surface area contributed by atoms with E-state index >= 15 is 0 Å². The third-order valence-corrected chi connectivity index (χ3v) is 4.04. The van der Waals surface area contributed by atoms with Crippen molar-refractivity contribution in [3.8, 4) is 0 Å². The number of aromatic nitrogens is 1. The van der Waals surface area contributed by atoms with Crippen LogP contribution in [-0.2, 0) is 0 Å². The summed E-state index contributed by atoms with van der Waals surface area (Å²) >= 11 is 1.56. The van der Waals surface area contributed by atoms with E-state index in [0.29, 0.717) is 5.92 Å². The molecular weight excluding hydrogens is 158 g/mol. The van der Waals surface area contributed by atoms with Gasteiger partial charge in [-0.3, -0.25) is 9.17 Å². The predicted octanol–water partition coefficient (Wildman–Crippen LogP) is 1.80. The van der Waals surface area contributed by atoms with Crippen molar-refractivity contribution in [1.29, 1.82) is 0 Å². The van der Waals surface area contributed by atoms with Gasteiger partial charge in [0, 0.05) is 10.4 Å². The zero-order valence-electron chi connectivity index (χ0n) is 6.09. The van der Waals surface area contributed by atoms with Crippen LogP contribution < -0.4 is 5.56 Å². The Balaban J connectivity index is 2.33. The van der Waals surface area contributed by atoms with E-state index in [2.05, 4.69) is 4.37 Å². The lowest BCUT2D eigenvalue weighted by Crippen LogP contribution is -2.08. The molecule has 2 atom stereocenters. The van der Waals surface area contributed by atoms with Crippen LogP contribution in [0.1, 0.15) is 41.5 Å². The van der Waals surface area contributed by atoms with Crippen molar-refractivity contribution in [2.45, 2.75) is 31.1 Å². The second kappa shape index (κ2) is 1.78. The quantitative estimate of drug-likeness (QED) is 0.628. The molecule has 2 aliphatic rings. The number of rotatable bonds is 0. The van der Waals surface area contributed by atoms with Gasteiger partial charge in [-0.1, -0.05) is 11.5 Å². The zero-order valence-corrected chi connectivity index (χ0v) is 6.91. The average Bonchev–Trinajstić information content (AvgIpc) is 2.60. The molecule has 0 spiro atoms. The van der Waals surface area contributed by atoms with Crippen molar-refractivity contribution in [3.05, 3.63) is 20.8 Å². The lowest BCUT2D eigenvalue weighted by Gasteiger charge is -2.05. The van der Waals surface area contributed by atoms with E-state index in [9.17, 15) is 4.79 Å². The summed E-state index contributed by atoms with van der Waals surface area (Å²) in [5.74, 6) is 1.35. The van der Waals surface area contributed by atoms with Gasteiger partial charge in [0.1, 0.15) is 0 Å². The van der Waals surface area contributed by atoms with Crippen molar-refractivity contribution in [1.82, 2.24) is 4.37 Å². The normalized spacial score (nSPS) is 32.7. The Hall–Kier alpha value is -0.570. The van der Waals surface area contributed by atoms with E-state index in [1.807, 2.05) is 0 Å². The highest BCUT2D eigenvalue weighted by atomic mass is 32.1. The topological polar surface area (TPSA) is 32.9 Å². The van der Waals surface area contributed by atoms with Crippen molar-refractivity contribution in [2.24, 2.45) is 0 Å². The van der Waals surface area contributed by atoms with E-state index in [4.69, 9.17) is 0 Å². The molecule has 2 unspecified atom stereocenters. The molecule has 2 aliphatic carbocycles. The van der Waals surface area contributed by atoms with Gasteiger partial charge in [0.05, 0.1) is 0 Å². The highest BCUT2D eigenvalue weighted by molar-refractivity contribution is 7.06. The largest absolute Gasteiger partial charge is 0.277 e. The van der Waals surface area contributed by atoms with Crippen LogP contribution in [0.5, 0.6) is 0 Å². The van der Waals surface area contributed by atoms with Crippen LogP contribution in [-0.4, -0.2) is 4.37 Å². The molecule has 3 rings (SSSR count). The minimum atomic E-state index is 0.192. The lowest BCUT2D eigenvalue weighted by molar-refractivity contribution is 0.722. The summed E-state index contributed by atoms with van der Waals surface area (Å²) in [5, 5.41) is 0. The Labute approximate surface area is 68.4 Å². The van der Waals surface area contributed by atoms with Crippen molar-refractivity contribution in [2.75, 3.05) is 0 Å². The molecule has 2 bridgehead atoms. The van der Waals surface area contributed by atoms with Gasteiger partial charge >= 0.3 is 0 Å². The van der Waals surface area contributed by atoms with E-state index in [1.165, 1.54) is 24.1 Å². The van der Waals surface area contributed by atoms with Crippen LogP contribution in [0.4, 0.5) is 0 Å². The van der Waals surface area contributed by atoms with Gasteiger partial charge in [0.15, 0.2) is 0 Å². The molecule has 1 heterocycles. The van der Waals surface area contributed by atoms with E-state index in [-0.39, 0.29) is 5.56 Å². The highest BCUT2D eigenvalue weighted by Gasteiger charge is 2.40. The molecule has 1 aromatic heterocycles. The van der Waals surface area contributed by atoms with E-state index in [0.717, 1.165) is 11.5 Å². The molecule has 58 valence electrons. The smallest absolute Gasteiger partial charge is 0.261 e. The fraction of sp³-hybridized carbons (Fsp3) is 0.625. The Morgan fingerprint density at radius 3 is 3.00 bits per heavy atom.